The fraction of sp³-hybridized carbons (Fsp3) is 0.316. The van der Waals surface area contributed by atoms with E-state index in [1.807, 2.05) is 12.1 Å². The van der Waals surface area contributed by atoms with Gasteiger partial charge in [-0.05, 0) is 36.2 Å². The molecule has 0 aliphatic carbocycles. The van der Waals surface area contributed by atoms with Crippen LogP contribution in [0.1, 0.15) is 34.3 Å². The third-order valence-corrected chi connectivity index (χ3v) is 4.28. The van der Waals surface area contributed by atoms with Gasteiger partial charge in [-0.15, -0.1) is 0 Å². The molecular formula is C19H18N2O3. The van der Waals surface area contributed by atoms with Crippen molar-refractivity contribution in [3.05, 3.63) is 53.3 Å². The Kier molecular flexibility index (Phi) is 3.99. The Labute approximate surface area is 140 Å². The predicted molar refractivity (Wildman–Crippen MR) is 90.3 cm³/mol. The first-order valence-electron chi connectivity index (χ1n) is 8.21. The molecule has 4 rings (SSSR count). The molecule has 0 bridgehead atoms. The number of nitrogens with zero attached hydrogens (tertiary/aromatic N) is 2. The predicted octanol–water partition coefficient (Wildman–Crippen LogP) is 2.86. The quantitative estimate of drug-likeness (QED) is 0.815. The van der Waals surface area contributed by atoms with Gasteiger partial charge in [-0.25, -0.2) is 0 Å². The van der Waals surface area contributed by atoms with Gasteiger partial charge >= 0.3 is 0 Å². The van der Waals surface area contributed by atoms with Gasteiger partial charge in [0.05, 0.1) is 25.3 Å². The first kappa shape index (κ1) is 14.9. The number of pyridine rings is 1. The van der Waals surface area contributed by atoms with Gasteiger partial charge in [-0.2, -0.15) is 0 Å². The van der Waals surface area contributed by atoms with Crippen LogP contribution in [0.2, 0.25) is 0 Å². The molecule has 24 heavy (non-hydrogen) atoms. The van der Waals surface area contributed by atoms with E-state index in [4.69, 9.17) is 9.47 Å². The maximum atomic E-state index is 12.5. The van der Waals surface area contributed by atoms with E-state index in [2.05, 4.69) is 9.98 Å². The van der Waals surface area contributed by atoms with E-state index in [1.54, 1.807) is 24.5 Å². The summed E-state index contributed by atoms with van der Waals surface area (Å²) in [6.07, 6.45) is 5.27. The van der Waals surface area contributed by atoms with Crippen molar-refractivity contribution in [2.75, 3.05) is 19.8 Å². The molecule has 0 atom stereocenters. The average Bonchev–Trinajstić information content (AvgIpc) is 2.86. The molecular weight excluding hydrogens is 304 g/mol. The first-order chi connectivity index (χ1) is 11.8. The summed E-state index contributed by atoms with van der Waals surface area (Å²) in [5, 5.41) is 0. The zero-order chi connectivity index (χ0) is 16.4. The normalized spacial score (nSPS) is 15.9. The summed E-state index contributed by atoms with van der Waals surface area (Å²) in [6.45, 7) is 2.02. The number of ketones is 1. The number of aromatic nitrogens is 1. The number of benzene rings is 1. The van der Waals surface area contributed by atoms with Crippen LogP contribution >= 0.6 is 0 Å². The maximum absolute atomic E-state index is 12.5. The Balaban J connectivity index is 1.64. The molecule has 2 aliphatic rings. The largest absolute Gasteiger partial charge is 0.490 e. The zero-order valence-corrected chi connectivity index (χ0v) is 13.3. The van der Waals surface area contributed by atoms with E-state index < -0.39 is 0 Å². The van der Waals surface area contributed by atoms with E-state index in [-0.39, 0.29) is 12.2 Å². The van der Waals surface area contributed by atoms with Crippen LogP contribution in [0.15, 0.2) is 41.7 Å². The zero-order valence-electron chi connectivity index (χ0n) is 13.3. The lowest BCUT2D eigenvalue weighted by Gasteiger charge is -2.19. The summed E-state index contributed by atoms with van der Waals surface area (Å²) in [4.78, 5) is 21.1. The van der Waals surface area contributed by atoms with Gasteiger partial charge in [0.15, 0.2) is 17.3 Å². The molecule has 0 saturated carbocycles. The number of hydrogen-bond acceptors (Lipinski definition) is 5. The lowest BCUT2D eigenvalue weighted by molar-refractivity contribution is 0.1000. The number of fused-ring (bicyclic) bond motifs is 2. The van der Waals surface area contributed by atoms with Gasteiger partial charge in [-0.3, -0.25) is 14.8 Å². The summed E-state index contributed by atoms with van der Waals surface area (Å²) >= 11 is 0. The van der Waals surface area contributed by atoms with Gasteiger partial charge in [-0.1, -0.05) is 0 Å². The SMILES string of the molecule is O=C(CC1=NCCc2cc3c(cc21)OCCCO3)c1cccnc1. The highest BCUT2D eigenvalue weighted by atomic mass is 16.5. The molecule has 0 spiro atoms. The van der Waals surface area contributed by atoms with E-state index in [9.17, 15) is 4.79 Å². The molecule has 2 aliphatic heterocycles. The van der Waals surface area contributed by atoms with E-state index in [0.717, 1.165) is 35.6 Å². The molecule has 2 aromatic rings. The van der Waals surface area contributed by atoms with Gasteiger partial charge in [0.2, 0.25) is 0 Å². The molecule has 1 aromatic carbocycles. The second-order valence-corrected chi connectivity index (χ2v) is 5.93. The molecule has 5 heteroatoms. The van der Waals surface area contributed by atoms with E-state index in [0.29, 0.717) is 25.3 Å². The third kappa shape index (κ3) is 2.89. The lowest BCUT2D eigenvalue weighted by Crippen LogP contribution is -2.17. The number of carbonyl (C=O) groups is 1. The van der Waals surface area contributed by atoms with Crippen molar-refractivity contribution in [2.45, 2.75) is 19.3 Å². The van der Waals surface area contributed by atoms with Crippen LogP contribution in [0.4, 0.5) is 0 Å². The number of carbonyl (C=O) groups excluding carboxylic acids is 1. The Bertz CT molecular complexity index is 800. The van der Waals surface area contributed by atoms with Crippen molar-refractivity contribution in [2.24, 2.45) is 4.99 Å². The van der Waals surface area contributed by atoms with Gasteiger partial charge in [0, 0.05) is 36.5 Å². The van der Waals surface area contributed by atoms with Gasteiger partial charge in [0.1, 0.15) is 0 Å². The Morgan fingerprint density at radius 3 is 2.79 bits per heavy atom. The summed E-state index contributed by atoms with van der Waals surface area (Å²) in [5.74, 6) is 1.57. The average molecular weight is 322 g/mol. The summed E-state index contributed by atoms with van der Waals surface area (Å²) in [5.41, 5.74) is 3.60. The summed E-state index contributed by atoms with van der Waals surface area (Å²) in [7, 11) is 0. The van der Waals surface area contributed by atoms with Crippen molar-refractivity contribution in [1.29, 1.82) is 0 Å². The fourth-order valence-corrected chi connectivity index (χ4v) is 3.06. The van der Waals surface area contributed by atoms with Crippen LogP contribution in [0.3, 0.4) is 0 Å². The minimum absolute atomic E-state index is 0.0295. The molecule has 0 fully saturated rings. The molecule has 5 nitrogen and oxygen atoms in total. The van der Waals surface area contributed by atoms with Crippen molar-refractivity contribution in [3.8, 4) is 11.5 Å². The second-order valence-electron chi connectivity index (χ2n) is 5.93. The van der Waals surface area contributed by atoms with Gasteiger partial charge < -0.3 is 9.47 Å². The number of hydrogen-bond donors (Lipinski definition) is 0. The highest BCUT2D eigenvalue weighted by Gasteiger charge is 2.22. The Hall–Kier alpha value is -2.69. The van der Waals surface area contributed by atoms with Crippen molar-refractivity contribution in [3.63, 3.8) is 0 Å². The van der Waals surface area contributed by atoms with Crippen molar-refractivity contribution in [1.82, 2.24) is 4.98 Å². The fourth-order valence-electron chi connectivity index (χ4n) is 3.06. The highest BCUT2D eigenvalue weighted by molar-refractivity contribution is 6.16. The molecule has 0 amide bonds. The van der Waals surface area contributed by atoms with Crippen LogP contribution in [0.5, 0.6) is 11.5 Å². The molecule has 0 unspecified atom stereocenters. The second kappa shape index (κ2) is 6.43. The number of ether oxygens (including phenoxy) is 2. The minimum atomic E-state index is 0.0295. The monoisotopic (exact) mass is 322 g/mol. The van der Waals surface area contributed by atoms with Gasteiger partial charge in [0.25, 0.3) is 0 Å². The van der Waals surface area contributed by atoms with Crippen LogP contribution in [0, 0.1) is 0 Å². The van der Waals surface area contributed by atoms with Crippen LogP contribution in [-0.4, -0.2) is 36.2 Å². The topological polar surface area (TPSA) is 60.8 Å². The number of Topliss-reactive ketones (excluding diaryl/α,β-unsaturated/α-hetero) is 1. The standard InChI is InChI=1S/C19H18N2O3/c22-17(14-3-1-5-20-12-14)11-16-15-10-19-18(23-7-2-8-24-19)9-13(15)4-6-21-16/h1,3,5,9-10,12H,2,4,6-8,11H2. The Morgan fingerprint density at radius 2 is 2.00 bits per heavy atom. The molecule has 0 saturated heterocycles. The highest BCUT2D eigenvalue weighted by Crippen LogP contribution is 2.35. The maximum Gasteiger partial charge on any atom is 0.170 e. The van der Waals surface area contributed by atoms with Crippen molar-refractivity contribution >= 4 is 11.5 Å². The number of rotatable bonds is 3. The Morgan fingerprint density at radius 1 is 1.17 bits per heavy atom. The molecule has 1 aromatic heterocycles. The van der Waals surface area contributed by atoms with Crippen LogP contribution < -0.4 is 9.47 Å². The van der Waals surface area contributed by atoms with Crippen molar-refractivity contribution < 1.29 is 14.3 Å². The molecule has 122 valence electrons. The van der Waals surface area contributed by atoms with Crippen LogP contribution in [0.25, 0.3) is 0 Å². The summed E-state index contributed by atoms with van der Waals surface area (Å²) < 4.78 is 11.5. The van der Waals surface area contributed by atoms with Crippen LogP contribution in [-0.2, 0) is 6.42 Å². The smallest absolute Gasteiger partial charge is 0.170 e. The molecule has 3 heterocycles. The van der Waals surface area contributed by atoms with E-state index >= 15 is 0 Å². The number of aliphatic imine (C=N–C) groups is 1. The third-order valence-electron chi connectivity index (χ3n) is 4.28. The molecule has 0 radical (unpaired) electrons. The summed E-state index contributed by atoms with van der Waals surface area (Å²) in [6, 6.07) is 7.58. The minimum Gasteiger partial charge on any atom is -0.490 e. The lowest BCUT2D eigenvalue weighted by atomic mass is 9.93. The first-order valence-corrected chi connectivity index (χ1v) is 8.21. The van der Waals surface area contributed by atoms with E-state index in [1.165, 1.54) is 5.56 Å². The molecule has 0 N–H and O–H groups in total.